The standard InChI is InChI=1S/C43H46N3OSi/c1-29(2)23-25-34-32-15-8-9-16-33(32)39-26-24-31(48(5,6)7)28-46(39)41(34)27-30(3)45(4)40-21-12-11-19-37(40)44-38-20-14-18-36-35-17-10-13-22-42(35)47-43(36)38/h8-22,24,26,28,34,41,44H,1,3,23,25,27H2,2,4-7H3/q+1. The number of pyridine rings is 1. The first-order chi connectivity index (χ1) is 23.1. The van der Waals surface area contributed by atoms with Gasteiger partial charge in [-0.25, -0.2) is 0 Å². The van der Waals surface area contributed by atoms with E-state index in [-0.39, 0.29) is 6.04 Å². The minimum Gasteiger partial charge on any atom is -0.454 e. The minimum atomic E-state index is -1.55. The first kappa shape index (κ1) is 31.7. The van der Waals surface area contributed by atoms with Crippen molar-refractivity contribution in [2.75, 3.05) is 17.3 Å². The van der Waals surface area contributed by atoms with E-state index in [0.29, 0.717) is 5.92 Å². The molecule has 0 fully saturated rings. The summed E-state index contributed by atoms with van der Waals surface area (Å²) in [6.45, 7) is 18.5. The highest BCUT2D eigenvalue weighted by Gasteiger charge is 2.41. The Hall–Kier alpha value is -4.87. The first-order valence-corrected chi connectivity index (χ1v) is 20.6. The molecule has 6 aromatic rings. The monoisotopic (exact) mass is 648 g/mol. The highest BCUT2D eigenvalue weighted by molar-refractivity contribution is 6.88. The molecule has 1 aliphatic rings. The van der Waals surface area contributed by atoms with Gasteiger partial charge in [0.1, 0.15) is 5.58 Å². The second-order valence-electron chi connectivity index (χ2n) is 14.5. The maximum absolute atomic E-state index is 6.35. The lowest BCUT2D eigenvalue weighted by Gasteiger charge is -2.34. The summed E-state index contributed by atoms with van der Waals surface area (Å²) >= 11 is 0. The van der Waals surface area contributed by atoms with Crippen LogP contribution >= 0.6 is 0 Å². The summed E-state index contributed by atoms with van der Waals surface area (Å²) in [6.07, 6.45) is 5.34. The first-order valence-electron chi connectivity index (χ1n) is 17.1. The molecule has 0 aliphatic carbocycles. The molecule has 48 heavy (non-hydrogen) atoms. The fourth-order valence-electron chi connectivity index (χ4n) is 7.32. The number of allylic oxidation sites excluding steroid dienone is 2. The molecule has 0 spiro atoms. The van der Waals surface area contributed by atoms with Crippen LogP contribution in [-0.4, -0.2) is 15.1 Å². The summed E-state index contributed by atoms with van der Waals surface area (Å²) in [5.41, 5.74) is 11.2. The van der Waals surface area contributed by atoms with E-state index in [2.05, 4.69) is 152 Å². The summed E-state index contributed by atoms with van der Waals surface area (Å²) < 4.78 is 8.94. The van der Waals surface area contributed by atoms with E-state index in [0.717, 1.165) is 64.0 Å². The molecule has 1 N–H and O–H groups in total. The Labute approximate surface area is 286 Å². The predicted molar refractivity (Wildman–Crippen MR) is 206 cm³/mol. The summed E-state index contributed by atoms with van der Waals surface area (Å²) in [4.78, 5) is 2.26. The van der Waals surface area contributed by atoms with E-state index in [1.807, 2.05) is 12.1 Å². The lowest BCUT2D eigenvalue weighted by atomic mass is 9.78. The van der Waals surface area contributed by atoms with Gasteiger partial charge in [-0.1, -0.05) is 98.5 Å². The maximum Gasteiger partial charge on any atom is 0.213 e. The van der Waals surface area contributed by atoms with Crippen molar-refractivity contribution in [1.29, 1.82) is 0 Å². The molecule has 5 heteroatoms. The third kappa shape index (κ3) is 5.88. The van der Waals surface area contributed by atoms with E-state index in [1.165, 1.54) is 27.6 Å². The zero-order valence-electron chi connectivity index (χ0n) is 28.9. The van der Waals surface area contributed by atoms with E-state index < -0.39 is 8.07 Å². The van der Waals surface area contributed by atoms with Crippen LogP contribution < -0.4 is 20.0 Å². The maximum atomic E-state index is 6.35. The molecule has 242 valence electrons. The third-order valence-electron chi connectivity index (χ3n) is 10.0. The zero-order valence-corrected chi connectivity index (χ0v) is 29.9. The van der Waals surface area contributed by atoms with Crippen LogP contribution in [0, 0.1) is 0 Å². The largest absolute Gasteiger partial charge is 0.454 e. The number of hydrogen-bond donors (Lipinski definition) is 1. The number of para-hydroxylation sites is 4. The van der Waals surface area contributed by atoms with Gasteiger partial charge in [0.2, 0.25) is 5.69 Å². The Balaban J connectivity index is 1.24. The third-order valence-corrected chi connectivity index (χ3v) is 12.1. The molecule has 0 radical (unpaired) electrons. The number of nitrogens with zero attached hydrogens (tertiary/aromatic N) is 2. The average molecular weight is 649 g/mol. The van der Waals surface area contributed by atoms with Crippen molar-refractivity contribution in [3.63, 3.8) is 0 Å². The van der Waals surface area contributed by atoms with Crippen LogP contribution in [0.4, 0.5) is 17.1 Å². The number of rotatable bonds is 10. The molecule has 0 bridgehead atoms. The van der Waals surface area contributed by atoms with Gasteiger partial charge in [0.15, 0.2) is 17.8 Å². The topological polar surface area (TPSA) is 32.3 Å². The number of furan rings is 1. The van der Waals surface area contributed by atoms with Crippen molar-refractivity contribution in [2.24, 2.45) is 0 Å². The Kier molecular flexibility index (Phi) is 8.34. The van der Waals surface area contributed by atoms with Gasteiger partial charge in [-0.15, -0.1) is 6.58 Å². The van der Waals surface area contributed by atoms with Gasteiger partial charge in [0.25, 0.3) is 0 Å². The number of benzene rings is 4. The SMILES string of the molecule is C=C(C)CCC1c2ccccc2-c2ccc([Si](C)(C)C)c[n+]2C1CC(=C)N(C)c1ccccc1Nc1cccc2c1oc1ccccc12. The Morgan fingerprint density at radius 3 is 2.35 bits per heavy atom. The van der Waals surface area contributed by atoms with Crippen LogP contribution in [0.1, 0.15) is 43.7 Å². The number of anilines is 3. The van der Waals surface area contributed by atoms with E-state index in [9.17, 15) is 0 Å². The van der Waals surface area contributed by atoms with Gasteiger partial charge < -0.3 is 14.6 Å². The van der Waals surface area contributed by atoms with Crippen LogP contribution in [0.3, 0.4) is 0 Å². The quantitative estimate of drug-likeness (QED) is 0.0911. The molecule has 1 aliphatic heterocycles. The molecule has 0 amide bonds. The van der Waals surface area contributed by atoms with Gasteiger partial charge >= 0.3 is 0 Å². The molecule has 4 nitrogen and oxygen atoms in total. The highest BCUT2D eigenvalue weighted by Crippen LogP contribution is 2.44. The normalized spacial score (nSPS) is 15.6. The smallest absolute Gasteiger partial charge is 0.213 e. The minimum absolute atomic E-state index is 0.227. The molecule has 7 rings (SSSR count). The fourth-order valence-corrected chi connectivity index (χ4v) is 8.43. The van der Waals surface area contributed by atoms with Crippen LogP contribution in [0.25, 0.3) is 33.2 Å². The van der Waals surface area contributed by atoms with Crippen LogP contribution in [0.5, 0.6) is 0 Å². The number of hydrogen-bond acceptors (Lipinski definition) is 3. The van der Waals surface area contributed by atoms with Gasteiger partial charge in [-0.05, 0) is 55.7 Å². The van der Waals surface area contributed by atoms with Crippen molar-refractivity contribution in [2.45, 2.75) is 57.8 Å². The summed E-state index contributed by atoms with van der Waals surface area (Å²) in [6, 6.07) is 37.0. The molecule has 2 aromatic heterocycles. The van der Waals surface area contributed by atoms with Crippen LogP contribution in [0.15, 0.2) is 138 Å². The molecule has 4 aromatic carbocycles. The molecule has 2 unspecified atom stereocenters. The van der Waals surface area contributed by atoms with Gasteiger partial charge in [-0.3, -0.25) is 0 Å². The molecule has 2 atom stereocenters. The summed E-state index contributed by atoms with van der Waals surface area (Å²) in [5, 5.41) is 7.43. The van der Waals surface area contributed by atoms with Crippen molar-refractivity contribution < 1.29 is 8.98 Å². The summed E-state index contributed by atoms with van der Waals surface area (Å²) in [5.74, 6) is 0.344. The van der Waals surface area contributed by atoms with Crippen LogP contribution in [-0.2, 0) is 0 Å². The number of aromatic nitrogens is 1. The van der Waals surface area contributed by atoms with E-state index in [1.54, 1.807) is 0 Å². The lowest BCUT2D eigenvalue weighted by Crippen LogP contribution is -2.53. The van der Waals surface area contributed by atoms with Crippen molar-refractivity contribution >= 4 is 52.3 Å². The van der Waals surface area contributed by atoms with Gasteiger partial charge in [0.05, 0.1) is 31.6 Å². The van der Waals surface area contributed by atoms with Gasteiger partial charge in [0, 0.05) is 46.3 Å². The van der Waals surface area contributed by atoms with Crippen molar-refractivity contribution in [3.05, 3.63) is 139 Å². The number of fused-ring (bicyclic) bond motifs is 6. The molecular weight excluding hydrogens is 603 g/mol. The molecular formula is C43H46N3OSi+. The molecule has 0 saturated carbocycles. The second kappa shape index (κ2) is 12.6. The Morgan fingerprint density at radius 1 is 0.833 bits per heavy atom. The van der Waals surface area contributed by atoms with Crippen LogP contribution in [0.2, 0.25) is 19.6 Å². The van der Waals surface area contributed by atoms with Crippen molar-refractivity contribution in [1.82, 2.24) is 0 Å². The Bertz CT molecular complexity index is 2170. The lowest BCUT2D eigenvalue weighted by molar-refractivity contribution is -0.717. The predicted octanol–water partition coefficient (Wildman–Crippen LogP) is 10.9. The van der Waals surface area contributed by atoms with E-state index >= 15 is 0 Å². The number of nitrogens with one attached hydrogen (secondary N) is 1. The highest BCUT2D eigenvalue weighted by atomic mass is 28.3. The molecule has 3 heterocycles. The molecule has 0 saturated heterocycles. The van der Waals surface area contributed by atoms with Crippen molar-refractivity contribution in [3.8, 4) is 11.3 Å². The summed E-state index contributed by atoms with van der Waals surface area (Å²) in [7, 11) is 0.601. The average Bonchev–Trinajstić information content (AvgIpc) is 3.47. The fraction of sp³-hybridized carbons (Fsp3) is 0.233. The van der Waals surface area contributed by atoms with Gasteiger partial charge in [-0.2, -0.15) is 4.57 Å². The zero-order chi connectivity index (χ0) is 33.6. The second-order valence-corrected chi connectivity index (χ2v) is 19.5. The van der Waals surface area contributed by atoms with E-state index in [4.69, 9.17) is 11.0 Å². The Morgan fingerprint density at radius 2 is 1.54 bits per heavy atom.